The number of hydrogen-bond donors (Lipinski definition) is 1. The summed E-state index contributed by atoms with van der Waals surface area (Å²) in [4.78, 5) is 23.4. The van der Waals surface area contributed by atoms with Gasteiger partial charge < -0.3 is 10.1 Å². The van der Waals surface area contributed by atoms with Crippen LogP contribution in [0.1, 0.15) is 22.8 Å². The number of aromatic nitrogens is 2. The van der Waals surface area contributed by atoms with Crippen LogP contribution in [-0.2, 0) is 11.3 Å². The Morgan fingerprint density at radius 1 is 1.21 bits per heavy atom. The van der Waals surface area contributed by atoms with Crippen molar-refractivity contribution >= 4 is 29.1 Å². The van der Waals surface area contributed by atoms with Crippen LogP contribution in [0.2, 0.25) is 5.02 Å². The lowest BCUT2D eigenvalue weighted by Gasteiger charge is -2.11. The van der Waals surface area contributed by atoms with Gasteiger partial charge in [-0.3, -0.25) is 9.59 Å². The number of Topliss-reactive ketones (excluding diaryl/α,β-unsaturated/α-hetero) is 1. The molecule has 0 saturated heterocycles. The van der Waals surface area contributed by atoms with Gasteiger partial charge in [0.25, 0.3) is 5.91 Å². The van der Waals surface area contributed by atoms with Gasteiger partial charge in [-0.05, 0) is 30.7 Å². The molecule has 0 aliphatic heterocycles. The van der Waals surface area contributed by atoms with E-state index in [1.807, 2.05) is 18.2 Å². The van der Waals surface area contributed by atoms with Crippen molar-refractivity contribution in [1.29, 1.82) is 0 Å². The van der Waals surface area contributed by atoms with E-state index in [0.717, 1.165) is 11.6 Å². The molecule has 2 aromatic carbocycles. The third-order valence-electron chi connectivity index (χ3n) is 3.95. The number of benzene rings is 2. The van der Waals surface area contributed by atoms with Gasteiger partial charge in [-0.1, -0.05) is 29.8 Å². The molecule has 0 aliphatic carbocycles. The number of ether oxygens (including phenoxy) is 1. The van der Waals surface area contributed by atoms with Crippen molar-refractivity contribution in [1.82, 2.24) is 9.78 Å². The quantitative estimate of drug-likeness (QED) is 0.608. The van der Waals surface area contributed by atoms with E-state index in [0.29, 0.717) is 17.4 Å². The molecule has 0 spiro atoms. The lowest BCUT2D eigenvalue weighted by atomic mass is 10.1. The number of carbonyl (C=O) groups excluding carboxylic acids is 2. The number of amides is 1. The predicted octanol–water partition coefficient (Wildman–Crippen LogP) is 3.94. The maximum atomic E-state index is 13.8. The maximum absolute atomic E-state index is 13.8. The van der Waals surface area contributed by atoms with Gasteiger partial charge in [0.2, 0.25) is 0 Å². The fourth-order valence-electron chi connectivity index (χ4n) is 2.55. The van der Waals surface area contributed by atoms with Crippen LogP contribution in [-0.4, -0.2) is 28.1 Å². The molecule has 0 bridgehead atoms. The minimum atomic E-state index is -0.691. The van der Waals surface area contributed by atoms with E-state index in [1.165, 1.54) is 19.1 Å². The van der Waals surface area contributed by atoms with E-state index in [1.54, 1.807) is 23.0 Å². The number of rotatable bonds is 7. The van der Waals surface area contributed by atoms with Crippen LogP contribution in [0.3, 0.4) is 0 Å². The summed E-state index contributed by atoms with van der Waals surface area (Å²) in [6, 6.07) is 12.8. The fourth-order valence-corrected chi connectivity index (χ4v) is 2.75. The number of hydrogen-bond acceptors (Lipinski definition) is 4. The van der Waals surface area contributed by atoms with Crippen LogP contribution in [0, 0.1) is 5.82 Å². The van der Waals surface area contributed by atoms with Crippen LogP contribution in [0.25, 0.3) is 0 Å². The summed E-state index contributed by atoms with van der Waals surface area (Å²) in [5, 5.41) is 7.48. The zero-order valence-electron chi connectivity index (χ0n) is 15.0. The summed E-state index contributed by atoms with van der Waals surface area (Å²) in [7, 11) is 0. The van der Waals surface area contributed by atoms with Crippen LogP contribution in [0.15, 0.2) is 54.7 Å². The molecule has 0 saturated carbocycles. The number of anilines is 1. The Hall–Kier alpha value is -3.19. The van der Waals surface area contributed by atoms with Gasteiger partial charge in [-0.15, -0.1) is 0 Å². The number of ketones is 1. The smallest absolute Gasteiger partial charge is 0.263 e. The fraction of sp³-hybridized carbons (Fsp3) is 0.150. The Morgan fingerprint density at radius 2 is 2.00 bits per heavy atom. The van der Waals surface area contributed by atoms with Crippen molar-refractivity contribution < 1.29 is 18.7 Å². The highest BCUT2D eigenvalue weighted by atomic mass is 35.5. The Balaban J connectivity index is 1.60. The molecule has 0 fully saturated rings. The molecule has 1 N–H and O–H groups in total. The first kappa shape index (κ1) is 19.6. The standard InChI is InChI=1S/C20H17ClFN3O3/c1-13(26)16-7-6-15(10-18(16)22)28-12-20(27)24-19-8-9-23-25(19)11-14-4-2-3-5-17(14)21/h2-10H,11-12H2,1H3,(H,24,27). The van der Waals surface area contributed by atoms with Crippen molar-refractivity contribution in [2.45, 2.75) is 13.5 Å². The molecule has 8 heteroatoms. The number of nitrogens with zero attached hydrogens (tertiary/aromatic N) is 2. The Labute approximate surface area is 165 Å². The molecule has 28 heavy (non-hydrogen) atoms. The molecule has 0 unspecified atom stereocenters. The summed E-state index contributed by atoms with van der Waals surface area (Å²) in [5.74, 6) is -0.873. The minimum Gasteiger partial charge on any atom is -0.484 e. The van der Waals surface area contributed by atoms with E-state index in [2.05, 4.69) is 10.4 Å². The van der Waals surface area contributed by atoms with E-state index >= 15 is 0 Å². The largest absolute Gasteiger partial charge is 0.484 e. The molecule has 0 aliphatic rings. The van der Waals surface area contributed by atoms with Crippen molar-refractivity contribution in [3.63, 3.8) is 0 Å². The van der Waals surface area contributed by atoms with Crippen LogP contribution < -0.4 is 10.1 Å². The monoisotopic (exact) mass is 401 g/mol. The second-order valence-corrected chi connectivity index (χ2v) is 6.41. The van der Waals surface area contributed by atoms with Crippen LogP contribution in [0.5, 0.6) is 5.75 Å². The SMILES string of the molecule is CC(=O)c1ccc(OCC(=O)Nc2ccnn2Cc2ccccc2Cl)cc1F. The van der Waals surface area contributed by atoms with Gasteiger partial charge in [0, 0.05) is 17.2 Å². The zero-order valence-corrected chi connectivity index (χ0v) is 15.7. The van der Waals surface area contributed by atoms with E-state index in [-0.39, 0.29) is 23.7 Å². The van der Waals surface area contributed by atoms with E-state index < -0.39 is 11.7 Å². The molecule has 0 atom stereocenters. The molecule has 1 amide bonds. The van der Waals surface area contributed by atoms with Crippen molar-refractivity contribution in [3.8, 4) is 5.75 Å². The second kappa shape index (κ2) is 8.67. The highest BCUT2D eigenvalue weighted by Crippen LogP contribution is 2.19. The van der Waals surface area contributed by atoms with Crippen molar-refractivity contribution in [3.05, 3.63) is 76.7 Å². The summed E-state index contributed by atoms with van der Waals surface area (Å²) in [5.41, 5.74) is 0.834. The number of halogens is 2. The third kappa shape index (κ3) is 4.75. The van der Waals surface area contributed by atoms with Gasteiger partial charge in [-0.25, -0.2) is 9.07 Å². The normalized spacial score (nSPS) is 10.5. The topological polar surface area (TPSA) is 73.2 Å². The zero-order chi connectivity index (χ0) is 20.1. The molecule has 3 rings (SSSR count). The summed E-state index contributed by atoms with van der Waals surface area (Å²) >= 11 is 6.16. The first-order valence-electron chi connectivity index (χ1n) is 8.42. The Bertz CT molecular complexity index is 1020. The molecule has 6 nitrogen and oxygen atoms in total. The van der Waals surface area contributed by atoms with Gasteiger partial charge in [0.05, 0.1) is 18.3 Å². The summed E-state index contributed by atoms with van der Waals surface area (Å²) in [6.07, 6.45) is 1.56. The lowest BCUT2D eigenvalue weighted by molar-refractivity contribution is -0.118. The number of nitrogens with one attached hydrogen (secondary N) is 1. The van der Waals surface area contributed by atoms with Gasteiger partial charge in [0.15, 0.2) is 12.4 Å². The first-order chi connectivity index (χ1) is 13.4. The highest BCUT2D eigenvalue weighted by molar-refractivity contribution is 6.31. The average Bonchev–Trinajstić information content (AvgIpc) is 3.08. The predicted molar refractivity (Wildman–Crippen MR) is 103 cm³/mol. The number of carbonyl (C=O) groups is 2. The van der Waals surface area contributed by atoms with Gasteiger partial charge >= 0.3 is 0 Å². The second-order valence-electron chi connectivity index (χ2n) is 6.00. The van der Waals surface area contributed by atoms with Crippen LogP contribution in [0.4, 0.5) is 10.2 Å². The summed E-state index contributed by atoms with van der Waals surface area (Å²) in [6.45, 7) is 1.34. The Kier molecular flexibility index (Phi) is 6.06. The average molecular weight is 402 g/mol. The third-order valence-corrected chi connectivity index (χ3v) is 4.32. The highest BCUT2D eigenvalue weighted by Gasteiger charge is 2.12. The van der Waals surface area contributed by atoms with Gasteiger partial charge in [0.1, 0.15) is 17.4 Å². The molecule has 1 aromatic heterocycles. The van der Waals surface area contributed by atoms with Crippen molar-refractivity contribution in [2.24, 2.45) is 0 Å². The molecule has 144 valence electrons. The minimum absolute atomic E-state index is 0.0275. The van der Waals surface area contributed by atoms with E-state index in [9.17, 15) is 14.0 Å². The lowest BCUT2D eigenvalue weighted by Crippen LogP contribution is -2.22. The molecule has 1 heterocycles. The summed E-state index contributed by atoms with van der Waals surface area (Å²) < 4.78 is 20.7. The molecule has 3 aromatic rings. The van der Waals surface area contributed by atoms with Gasteiger partial charge in [-0.2, -0.15) is 5.10 Å². The molecular formula is C20H17ClFN3O3. The van der Waals surface area contributed by atoms with Crippen molar-refractivity contribution in [2.75, 3.05) is 11.9 Å². The molecular weight excluding hydrogens is 385 g/mol. The Morgan fingerprint density at radius 3 is 2.71 bits per heavy atom. The van der Waals surface area contributed by atoms with E-state index in [4.69, 9.17) is 16.3 Å². The van der Waals surface area contributed by atoms with Crippen LogP contribution >= 0.6 is 11.6 Å². The first-order valence-corrected chi connectivity index (χ1v) is 8.80. The maximum Gasteiger partial charge on any atom is 0.263 e. The molecule has 0 radical (unpaired) electrons.